The van der Waals surface area contributed by atoms with E-state index in [2.05, 4.69) is 14.3 Å². The van der Waals surface area contributed by atoms with E-state index in [1.807, 2.05) is 19.2 Å². The number of rotatable bonds is 5. The van der Waals surface area contributed by atoms with Crippen molar-refractivity contribution in [3.8, 4) is 0 Å². The summed E-state index contributed by atoms with van der Waals surface area (Å²) in [6, 6.07) is 0.0165. The fourth-order valence-corrected chi connectivity index (χ4v) is 4.39. The predicted octanol–water partition coefficient (Wildman–Crippen LogP) is 2.90. The van der Waals surface area contributed by atoms with Crippen LogP contribution in [0.25, 0.3) is 0 Å². The molecular formula is C16H21FN4OS2. The highest BCUT2D eigenvalue weighted by Gasteiger charge is 2.34. The maximum absolute atomic E-state index is 13.9. The van der Waals surface area contributed by atoms with Crippen molar-refractivity contribution in [3.05, 3.63) is 32.7 Å². The molecule has 0 bridgehead atoms. The molecular weight excluding hydrogens is 347 g/mol. The largest absolute Gasteiger partial charge is 0.340 e. The van der Waals surface area contributed by atoms with E-state index in [-0.39, 0.29) is 11.9 Å². The molecule has 1 saturated heterocycles. The Labute approximate surface area is 149 Å². The molecule has 24 heavy (non-hydrogen) atoms. The van der Waals surface area contributed by atoms with Crippen LogP contribution in [0.5, 0.6) is 0 Å². The van der Waals surface area contributed by atoms with Crippen LogP contribution in [0.15, 0.2) is 10.8 Å². The number of carbonyl (C=O) groups excluding carboxylic acids is 1. The topological polar surface area (TPSA) is 49.3 Å². The first-order chi connectivity index (χ1) is 11.4. The number of amides is 1. The van der Waals surface area contributed by atoms with Crippen LogP contribution in [0.3, 0.4) is 0 Å². The van der Waals surface area contributed by atoms with Crippen molar-refractivity contribution < 1.29 is 9.18 Å². The Morgan fingerprint density at radius 3 is 2.88 bits per heavy atom. The average Bonchev–Trinajstić information content (AvgIpc) is 3.21. The van der Waals surface area contributed by atoms with E-state index in [9.17, 15) is 9.18 Å². The maximum atomic E-state index is 13.9. The number of hydrogen-bond acceptors (Lipinski definition) is 6. The molecule has 5 nitrogen and oxygen atoms in total. The first kappa shape index (κ1) is 17.4. The number of likely N-dealkylation sites (tertiary alicyclic amines) is 1. The molecule has 3 heterocycles. The van der Waals surface area contributed by atoms with Gasteiger partial charge in [0, 0.05) is 43.5 Å². The highest BCUT2D eigenvalue weighted by molar-refractivity contribution is 7.09. The van der Waals surface area contributed by atoms with Gasteiger partial charge < -0.3 is 4.90 Å². The summed E-state index contributed by atoms with van der Waals surface area (Å²) in [5.41, 5.74) is 2.36. The summed E-state index contributed by atoms with van der Waals surface area (Å²) in [6.45, 7) is 5.36. The lowest BCUT2D eigenvalue weighted by molar-refractivity contribution is 0.0749. The number of likely N-dealkylation sites (N-methyl/N-ethyl adjacent to an activating group) is 1. The molecule has 0 aliphatic carbocycles. The molecule has 130 valence electrons. The predicted molar refractivity (Wildman–Crippen MR) is 94.4 cm³/mol. The molecule has 0 unspecified atom stereocenters. The summed E-state index contributed by atoms with van der Waals surface area (Å²) in [4.78, 5) is 20.8. The molecule has 0 N–H and O–H groups in total. The molecule has 0 spiro atoms. The number of carbonyl (C=O) groups is 1. The summed E-state index contributed by atoms with van der Waals surface area (Å²) in [6.07, 6.45) is -0.385. The first-order valence-corrected chi connectivity index (χ1v) is 9.61. The quantitative estimate of drug-likeness (QED) is 0.814. The second-order valence-corrected chi connectivity index (χ2v) is 7.96. The second-order valence-electron chi connectivity index (χ2n) is 6.27. The van der Waals surface area contributed by atoms with Crippen LogP contribution in [0, 0.1) is 13.8 Å². The molecule has 1 aliphatic heterocycles. The maximum Gasteiger partial charge on any atom is 0.256 e. The molecule has 8 heteroatoms. The summed E-state index contributed by atoms with van der Waals surface area (Å²) in [5.74, 6) is -0.0481. The minimum Gasteiger partial charge on any atom is -0.340 e. The van der Waals surface area contributed by atoms with Crippen molar-refractivity contribution >= 4 is 28.8 Å². The van der Waals surface area contributed by atoms with E-state index in [1.54, 1.807) is 28.7 Å². The van der Waals surface area contributed by atoms with Gasteiger partial charge in [-0.3, -0.25) is 9.69 Å². The van der Waals surface area contributed by atoms with Crippen LogP contribution in [0.1, 0.15) is 33.2 Å². The zero-order chi connectivity index (χ0) is 17.3. The molecule has 3 rings (SSSR count). The van der Waals surface area contributed by atoms with Crippen molar-refractivity contribution in [1.82, 2.24) is 19.2 Å². The lowest BCUT2D eigenvalue weighted by Crippen LogP contribution is -2.41. The highest BCUT2D eigenvalue weighted by atomic mass is 32.1. The van der Waals surface area contributed by atoms with Gasteiger partial charge in [-0.2, -0.15) is 4.37 Å². The van der Waals surface area contributed by atoms with E-state index in [0.29, 0.717) is 31.6 Å². The summed E-state index contributed by atoms with van der Waals surface area (Å²) < 4.78 is 18.1. The van der Waals surface area contributed by atoms with Crippen LogP contribution in [-0.2, 0) is 6.54 Å². The fraction of sp³-hybridized carbons (Fsp3) is 0.562. The van der Waals surface area contributed by atoms with Crippen molar-refractivity contribution in [3.63, 3.8) is 0 Å². The van der Waals surface area contributed by atoms with E-state index in [4.69, 9.17) is 0 Å². The van der Waals surface area contributed by atoms with E-state index in [0.717, 1.165) is 16.4 Å². The monoisotopic (exact) mass is 368 g/mol. The number of aryl methyl sites for hydroxylation is 2. The van der Waals surface area contributed by atoms with E-state index < -0.39 is 6.17 Å². The van der Waals surface area contributed by atoms with Gasteiger partial charge in [0.25, 0.3) is 5.91 Å². The highest BCUT2D eigenvalue weighted by Crippen LogP contribution is 2.24. The Hall–Kier alpha value is -1.38. The van der Waals surface area contributed by atoms with Gasteiger partial charge in [0.15, 0.2) is 0 Å². The SMILES string of the molecule is Cc1nc(CN2C[C@@H](F)C[C@H]2CN(C)C(=O)c2csnc2C)cs1. The Bertz CT molecular complexity index is 717. The third-order valence-electron chi connectivity index (χ3n) is 4.32. The Morgan fingerprint density at radius 2 is 2.25 bits per heavy atom. The van der Waals surface area contributed by atoms with Crippen LogP contribution >= 0.6 is 22.9 Å². The Kier molecular flexibility index (Phi) is 5.27. The van der Waals surface area contributed by atoms with Crippen LogP contribution in [0.2, 0.25) is 0 Å². The fourth-order valence-electron chi connectivity index (χ4n) is 3.10. The molecule has 0 radical (unpaired) electrons. The van der Waals surface area contributed by atoms with Gasteiger partial charge in [0.05, 0.1) is 22.0 Å². The minimum atomic E-state index is -0.845. The van der Waals surface area contributed by atoms with Crippen LogP contribution in [0.4, 0.5) is 4.39 Å². The lowest BCUT2D eigenvalue weighted by Gasteiger charge is -2.27. The molecule has 0 aromatic carbocycles. The second kappa shape index (κ2) is 7.25. The summed E-state index contributed by atoms with van der Waals surface area (Å²) in [5, 5.41) is 4.81. The van der Waals surface area contributed by atoms with Gasteiger partial charge in [0.2, 0.25) is 0 Å². The van der Waals surface area contributed by atoms with Gasteiger partial charge in [-0.05, 0) is 31.8 Å². The zero-order valence-corrected chi connectivity index (χ0v) is 15.7. The number of hydrogen-bond donors (Lipinski definition) is 0. The average molecular weight is 369 g/mol. The summed E-state index contributed by atoms with van der Waals surface area (Å²) in [7, 11) is 1.77. The van der Waals surface area contributed by atoms with E-state index >= 15 is 0 Å². The van der Waals surface area contributed by atoms with Crippen molar-refractivity contribution in [2.24, 2.45) is 0 Å². The summed E-state index contributed by atoms with van der Waals surface area (Å²) >= 11 is 2.89. The van der Waals surface area contributed by atoms with E-state index in [1.165, 1.54) is 11.5 Å². The Morgan fingerprint density at radius 1 is 1.46 bits per heavy atom. The number of aromatic nitrogens is 2. The number of alkyl halides is 1. The molecule has 1 amide bonds. The lowest BCUT2D eigenvalue weighted by atomic mass is 10.1. The standard InChI is InChI=1S/C16H21FN4OS2/c1-10-15(9-24-19-10)16(22)20(3)7-14-4-12(17)5-21(14)6-13-8-23-11(2)18-13/h8-9,12,14H,4-7H2,1-3H3/t12-,14-/m0/s1. The normalized spacial score (nSPS) is 21.3. The zero-order valence-electron chi connectivity index (χ0n) is 14.0. The first-order valence-electron chi connectivity index (χ1n) is 7.89. The van der Waals surface area contributed by atoms with Gasteiger partial charge in [-0.25, -0.2) is 9.37 Å². The van der Waals surface area contributed by atoms with Crippen LogP contribution in [-0.4, -0.2) is 57.4 Å². The molecule has 1 fully saturated rings. The van der Waals surface area contributed by atoms with Gasteiger partial charge in [-0.15, -0.1) is 11.3 Å². The van der Waals surface area contributed by atoms with Gasteiger partial charge >= 0.3 is 0 Å². The third kappa shape index (κ3) is 3.81. The Balaban J connectivity index is 1.65. The van der Waals surface area contributed by atoms with Crippen molar-refractivity contribution in [2.75, 3.05) is 20.1 Å². The number of thiazole rings is 1. The minimum absolute atomic E-state index is 0.0165. The van der Waals surface area contributed by atoms with Gasteiger partial charge in [0.1, 0.15) is 6.17 Å². The molecule has 2 aromatic heterocycles. The van der Waals surface area contributed by atoms with Crippen LogP contribution < -0.4 is 0 Å². The third-order valence-corrected chi connectivity index (χ3v) is 5.86. The molecule has 2 aromatic rings. The van der Waals surface area contributed by atoms with Crippen molar-refractivity contribution in [1.29, 1.82) is 0 Å². The number of nitrogens with zero attached hydrogens (tertiary/aromatic N) is 4. The van der Waals surface area contributed by atoms with Crippen molar-refractivity contribution in [2.45, 2.75) is 39.0 Å². The molecule has 0 saturated carbocycles. The van der Waals surface area contributed by atoms with Gasteiger partial charge in [-0.1, -0.05) is 0 Å². The molecule has 2 atom stereocenters. The number of halogens is 1. The molecule has 1 aliphatic rings. The smallest absolute Gasteiger partial charge is 0.256 e.